The second kappa shape index (κ2) is 9.13. The van der Waals surface area contributed by atoms with Gasteiger partial charge in [0.2, 0.25) is 5.76 Å². The van der Waals surface area contributed by atoms with Gasteiger partial charge in [-0.2, -0.15) is 0 Å². The molecule has 1 aliphatic rings. The molecule has 17 heavy (non-hydrogen) atoms. The number of likely N-dealkylation sites (N-methyl/N-ethyl adjacent to an activating group) is 1. The Labute approximate surface area is 108 Å². The van der Waals surface area contributed by atoms with Gasteiger partial charge in [-0.1, -0.05) is 13.8 Å². The molecule has 0 amide bonds. The van der Waals surface area contributed by atoms with Gasteiger partial charge in [0.1, 0.15) is 26.1 Å². The molecule has 0 aromatic heterocycles. The molecule has 1 heterocycles. The lowest BCUT2D eigenvalue weighted by Crippen LogP contribution is -2.28. The van der Waals surface area contributed by atoms with Gasteiger partial charge in [-0.05, 0) is 13.1 Å². The minimum absolute atomic E-state index is 0. The Bertz CT molecular complexity index is 254. The Morgan fingerprint density at radius 2 is 2.12 bits per heavy atom. The van der Waals surface area contributed by atoms with Crippen molar-refractivity contribution in [2.45, 2.75) is 13.8 Å². The first kappa shape index (κ1) is 16.1. The highest BCUT2D eigenvalue weighted by Gasteiger charge is 2.16. The number of esters is 1. The molecule has 0 saturated heterocycles. The van der Waals surface area contributed by atoms with Crippen LogP contribution in [0.4, 0.5) is 0 Å². The Kier molecular flexibility index (Phi) is 8.62. The Hall–Kier alpha value is -0.940. The van der Waals surface area contributed by atoms with E-state index >= 15 is 0 Å². The molecule has 0 unspecified atom stereocenters. The summed E-state index contributed by atoms with van der Waals surface area (Å²) in [5.41, 5.74) is 0. The number of carbonyl (C=O) groups excluding carboxylic acids is 1. The van der Waals surface area contributed by atoms with E-state index in [-0.39, 0.29) is 18.2 Å². The lowest BCUT2D eigenvalue weighted by atomic mass is 10.5. The summed E-state index contributed by atoms with van der Waals surface area (Å²) in [6, 6.07) is 0. The Morgan fingerprint density at radius 1 is 1.41 bits per heavy atom. The second-order valence-electron chi connectivity index (χ2n) is 3.36. The largest absolute Gasteiger partial charge is 0.493 e. The van der Waals surface area contributed by atoms with Gasteiger partial charge in [0.25, 0.3) is 0 Å². The molecule has 0 spiro atoms. The van der Waals surface area contributed by atoms with Crippen molar-refractivity contribution in [2.24, 2.45) is 0 Å². The van der Waals surface area contributed by atoms with Crippen molar-refractivity contribution in [3.63, 3.8) is 0 Å². The number of hydrogen-bond acceptors (Lipinski definition) is 5. The minimum Gasteiger partial charge on any atom is -0.493 e. The van der Waals surface area contributed by atoms with Gasteiger partial charge in [-0.15, -0.1) is 12.4 Å². The summed E-state index contributed by atoms with van der Waals surface area (Å²) in [6.45, 7) is 8.06. The molecule has 6 heteroatoms. The van der Waals surface area contributed by atoms with Gasteiger partial charge in [-0.25, -0.2) is 4.79 Å². The number of ether oxygens (including phenoxy) is 3. The van der Waals surface area contributed by atoms with Gasteiger partial charge in [0.05, 0.1) is 0 Å². The molecular formula is C11H20ClNO4. The third kappa shape index (κ3) is 5.79. The third-order valence-electron chi connectivity index (χ3n) is 2.39. The highest BCUT2D eigenvalue weighted by atomic mass is 35.5. The predicted molar refractivity (Wildman–Crippen MR) is 66.0 cm³/mol. The van der Waals surface area contributed by atoms with E-state index in [0.717, 1.165) is 19.6 Å². The molecular weight excluding hydrogens is 246 g/mol. The van der Waals surface area contributed by atoms with E-state index in [1.165, 1.54) is 6.26 Å². The van der Waals surface area contributed by atoms with E-state index in [2.05, 4.69) is 18.7 Å². The van der Waals surface area contributed by atoms with Crippen molar-refractivity contribution < 1.29 is 19.0 Å². The molecule has 0 N–H and O–H groups in total. The molecule has 0 aromatic rings. The molecule has 1 aliphatic heterocycles. The van der Waals surface area contributed by atoms with Gasteiger partial charge < -0.3 is 19.1 Å². The van der Waals surface area contributed by atoms with Crippen LogP contribution in [-0.4, -0.2) is 50.3 Å². The number of rotatable bonds is 6. The molecule has 0 atom stereocenters. The number of carbonyl (C=O) groups is 1. The minimum atomic E-state index is -0.452. The molecule has 100 valence electrons. The van der Waals surface area contributed by atoms with Gasteiger partial charge in [0.15, 0.2) is 0 Å². The van der Waals surface area contributed by atoms with Crippen molar-refractivity contribution in [3.05, 3.63) is 12.0 Å². The molecule has 5 nitrogen and oxygen atoms in total. The van der Waals surface area contributed by atoms with E-state index in [4.69, 9.17) is 14.2 Å². The fourth-order valence-electron chi connectivity index (χ4n) is 1.35. The van der Waals surface area contributed by atoms with E-state index < -0.39 is 5.97 Å². The standard InChI is InChI=1S/C11H19NO4.ClH/c1-3-12(4-2)5-6-16-11(13)10-9-14-7-8-15-10;/h9H,3-8H2,1-2H3;1H. The summed E-state index contributed by atoms with van der Waals surface area (Å²) >= 11 is 0. The van der Waals surface area contributed by atoms with Crippen LogP contribution in [0.15, 0.2) is 12.0 Å². The quantitative estimate of drug-likeness (QED) is 0.675. The molecule has 0 radical (unpaired) electrons. The van der Waals surface area contributed by atoms with Crippen molar-refractivity contribution in [1.82, 2.24) is 4.90 Å². The van der Waals surface area contributed by atoms with Gasteiger partial charge in [-0.3, -0.25) is 0 Å². The Balaban J connectivity index is 0.00000256. The maximum atomic E-state index is 11.4. The molecule has 0 saturated carbocycles. The lowest BCUT2D eigenvalue weighted by molar-refractivity contribution is -0.145. The smallest absolute Gasteiger partial charge is 0.376 e. The fourth-order valence-corrected chi connectivity index (χ4v) is 1.35. The fraction of sp³-hybridized carbons (Fsp3) is 0.727. The highest BCUT2D eigenvalue weighted by Crippen LogP contribution is 2.06. The summed E-state index contributed by atoms with van der Waals surface area (Å²) in [4.78, 5) is 13.6. The third-order valence-corrected chi connectivity index (χ3v) is 2.39. The average molecular weight is 266 g/mol. The first-order valence-corrected chi connectivity index (χ1v) is 5.62. The van der Waals surface area contributed by atoms with Crippen molar-refractivity contribution in [3.8, 4) is 0 Å². The molecule has 0 aliphatic carbocycles. The summed E-state index contributed by atoms with van der Waals surface area (Å²) < 4.78 is 15.1. The first-order valence-electron chi connectivity index (χ1n) is 5.62. The van der Waals surface area contributed by atoms with E-state index in [1.54, 1.807) is 0 Å². The molecule has 0 aromatic carbocycles. The monoisotopic (exact) mass is 265 g/mol. The van der Waals surface area contributed by atoms with Crippen LogP contribution in [0.3, 0.4) is 0 Å². The molecule has 0 bridgehead atoms. The summed E-state index contributed by atoms with van der Waals surface area (Å²) in [6.07, 6.45) is 1.31. The highest BCUT2D eigenvalue weighted by molar-refractivity contribution is 5.86. The van der Waals surface area contributed by atoms with E-state index in [9.17, 15) is 4.79 Å². The average Bonchev–Trinajstić information content (AvgIpc) is 2.35. The Morgan fingerprint density at radius 3 is 2.65 bits per heavy atom. The zero-order valence-electron chi connectivity index (χ0n) is 10.3. The number of halogens is 1. The van der Waals surface area contributed by atoms with Crippen LogP contribution in [0.2, 0.25) is 0 Å². The van der Waals surface area contributed by atoms with Crippen molar-refractivity contribution >= 4 is 18.4 Å². The van der Waals surface area contributed by atoms with Crippen molar-refractivity contribution in [1.29, 1.82) is 0 Å². The van der Waals surface area contributed by atoms with Crippen molar-refractivity contribution in [2.75, 3.05) is 39.5 Å². The van der Waals surface area contributed by atoms with Crippen LogP contribution in [0.1, 0.15) is 13.8 Å². The predicted octanol–water partition coefficient (Wildman–Crippen LogP) is 1.18. The number of nitrogens with zero attached hydrogens (tertiary/aromatic N) is 1. The van der Waals surface area contributed by atoms with E-state index in [0.29, 0.717) is 19.8 Å². The molecule has 1 rings (SSSR count). The summed E-state index contributed by atoms with van der Waals surface area (Å²) in [5, 5.41) is 0. The maximum Gasteiger partial charge on any atom is 0.376 e. The second-order valence-corrected chi connectivity index (χ2v) is 3.36. The topological polar surface area (TPSA) is 48.0 Å². The molecule has 0 fully saturated rings. The van der Waals surface area contributed by atoms with Crippen LogP contribution in [0.5, 0.6) is 0 Å². The maximum absolute atomic E-state index is 11.4. The van der Waals surface area contributed by atoms with Crippen LogP contribution < -0.4 is 0 Å². The normalized spacial score (nSPS) is 14.2. The zero-order valence-corrected chi connectivity index (χ0v) is 11.1. The van der Waals surface area contributed by atoms with Crippen LogP contribution >= 0.6 is 12.4 Å². The van der Waals surface area contributed by atoms with Gasteiger partial charge in [0, 0.05) is 6.54 Å². The summed E-state index contributed by atoms with van der Waals surface area (Å²) in [7, 11) is 0. The van der Waals surface area contributed by atoms with Crippen LogP contribution in [-0.2, 0) is 19.0 Å². The van der Waals surface area contributed by atoms with Crippen LogP contribution in [0.25, 0.3) is 0 Å². The summed E-state index contributed by atoms with van der Waals surface area (Å²) in [5.74, 6) is -0.294. The lowest BCUT2D eigenvalue weighted by Gasteiger charge is -2.18. The van der Waals surface area contributed by atoms with E-state index in [1.807, 2.05) is 0 Å². The first-order chi connectivity index (χ1) is 7.77. The van der Waals surface area contributed by atoms with Crippen LogP contribution in [0, 0.1) is 0 Å². The zero-order chi connectivity index (χ0) is 11.8. The SMILES string of the molecule is CCN(CC)CCOC(=O)C1=COCCO1.Cl. The number of hydrogen-bond donors (Lipinski definition) is 0. The van der Waals surface area contributed by atoms with Gasteiger partial charge >= 0.3 is 5.97 Å².